The number of rotatable bonds is 6. The standard InChI is InChI=1S/C20H20N4O/c1-16(14-24-15-21-18-11-5-6-12-19(18)24)20(25)23-22-13-7-10-17-8-3-2-4-9-17/h2-13,15-16H,14H2,1H3,(H,23,25)/b10-7+,22-13+. The summed E-state index contributed by atoms with van der Waals surface area (Å²) < 4.78 is 1.98. The maximum Gasteiger partial charge on any atom is 0.244 e. The molecule has 0 aliphatic carbocycles. The number of fused-ring (bicyclic) bond motifs is 1. The minimum Gasteiger partial charge on any atom is -0.330 e. The van der Waals surface area contributed by atoms with Crippen molar-refractivity contribution in [1.82, 2.24) is 15.0 Å². The van der Waals surface area contributed by atoms with Crippen LogP contribution in [0.25, 0.3) is 17.1 Å². The van der Waals surface area contributed by atoms with Crippen LogP contribution in [0.2, 0.25) is 0 Å². The fourth-order valence-corrected chi connectivity index (χ4v) is 2.51. The minimum absolute atomic E-state index is 0.123. The first-order chi connectivity index (χ1) is 12.2. The Hall–Kier alpha value is -3.21. The average Bonchev–Trinajstić information content (AvgIpc) is 3.05. The van der Waals surface area contributed by atoms with Gasteiger partial charge in [0.25, 0.3) is 0 Å². The maximum atomic E-state index is 12.2. The molecule has 0 aliphatic rings. The zero-order valence-electron chi connectivity index (χ0n) is 14.0. The van der Waals surface area contributed by atoms with Crippen molar-refractivity contribution in [1.29, 1.82) is 0 Å². The summed E-state index contributed by atoms with van der Waals surface area (Å²) in [5, 5.41) is 3.96. The van der Waals surface area contributed by atoms with Gasteiger partial charge < -0.3 is 4.57 Å². The van der Waals surface area contributed by atoms with Crippen LogP contribution in [0.1, 0.15) is 12.5 Å². The van der Waals surface area contributed by atoms with Crippen LogP contribution in [0.15, 0.2) is 72.1 Å². The van der Waals surface area contributed by atoms with Crippen LogP contribution in [0.4, 0.5) is 0 Å². The molecule has 1 unspecified atom stereocenters. The molecule has 2 aromatic carbocycles. The van der Waals surface area contributed by atoms with Gasteiger partial charge in [-0.1, -0.05) is 55.5 Å². The van der Waals surface area contributed by atoms with Crippen LogP contribution in [-0.2, 0) is 11.3 Å². The summed E-state index contributed by atoms with van der Waals surface area (Å²) in [6.07, 6.45) is 7.06. The molecule has 1 atom stereocenters. The van der Waals surface area contributed by atoms with Crippen molar-refractivity contribution >= 4 is 29.2 Å². The highest BCUT2D eigenvalue weighted by atomic mass is 16.2. The van der Waals surface area contributed by atoms with E-state index in [1.165, 1.54) is 0 Å². The average molecular weight is 332 g/mol. The predicted octanol–water partition coefficient (Wildman–Crippen LogP) is 3.49. The van der Waals surface area contributed by atoms with Gasteiger partial charge in [-0.05, 0) is 23.8 Å². The Morgan fingerprint density at radius 3 is 2.80 bits per heavy atom. The Balaban J connectivity index is 1.52. The van der Waals surface area contributed by atoms with Gasteiger partial charge in [0.15, 0.2) is 0 Å². The third-order valence-electron chi connectivity index (χ3n) is 3.87. The lowest BCUT2D eigenvalue weighted by atomic mass is 10.1. The number of hydrazone groups is 1. The van der Waals surface area contributed by atoms with E-state index < -0.39 is 0 Å². The van der Waals surface area contributed by atoms with Gasteiger partial charge in [0, 0.05) is 12.8 Å². The molecule has 5 heteroatoms. The fourth-order valence-electron chi connectivity index (χ4n) is 2.51. The first-order valence-corrected chi connectivity index (χ1v) is 8.18. The third kappa shape index (κ3) is 4.41. The van der Waals surface area contributed by atoms with E-state index in [1.807, 2.05) is 72.2 Å². The number of carbonyl (C=O) groups excluding carboxylic acids is 1. The minimum atomic E-state index is -0.215. The van der Waals surface area contributed by atoms with E-state index in [9.17, 15) is 4.79 Å². The highest BCUT2D eigenvalue weighted by Crippen LogP contribution is 2.13. The lowest BCUT2D eigenvalue weighted by Gasteiger charge is -2.11. The molecule has 1 amide bonds. The molecule has 5 nitrogen and oxygen atoms in total. The van der Waals surface area contributed by atoms with Gasteiger partial charge in [0.2, 0.25) is 5.91 Å². The number of imidazole rings is 1. The van der Waals surface area contributed by atoms with E-state index >= 15 is 0 Å². The van der Waals surface area contributed by atoms with Gasteiger partial charge in [0.05, 0.1) is 23.3 Å². The number of allylic oxidation sites excluding steroid dienone is 1. The van der Waals surface area contributed by atoms with Crippen LogP contribution < -0.4 is 5.43 Å². The summed E-state index contributed by atoms with van der Waals surface area (Å²) in [7, 11) is 0. The molecule has 0 bridgehead atoms. The van der Waals surface area contributed by atoms with Crippen molar-refractivity contribution in [3.8, 4) is 0 Å². The van der Waals surface area contributed by atoms with Crippen LogP contribution in [0.5, 0.6) is 0 Å². The molecule has 3 rings (SSSR count). The second-order valence-corrected chi connectivity index (χ2v) is 5.81. The molecule has 0 saturated carbocycles. The fraction of sp³-hybridized carbons (Fsp3) is 0.150. The first kappa shape index (κ1) is 16.6. The van der Waals surface area contributed by atoms with Gasteiger partial charge in [0.1, 0.15) is 0 Å². The smallest absolute Gasteiger partial charge is 0.244 e. The van der Waals surface area contributed by atoms with E-state index in [1.54, 1.807) is 18.6 Å². The molecule has 0 radical (unpaired) electrons. The second-order valence-electron chi connectivity index (χ2n) is 5.81. The van der Waals surface area contributed by atoms with E-state index in [-0.39, 0.29) is 11.8 Å². The van der Waals surface area contributed by atoms with Gasteiger partial charge in [-0.25, -0.2) is 10.4 Å². The SMILES string of the molecule is CC(Cn1cnc2ccccc21)C(=O)N/N=C/C=C/c1ccccc1. The van der Waals surface area contributed by atoms with Crippen molar-refractivity contribution in [3.05, 3.63) is 72.6 Å². The topological polar surface area (TPSA) is 59.3 Å². The molecular formula is C20H20N4O. The highest BCUT2D eigenvalue weighted by Gasteiger charge is 2.14. The number of nitrogens with zero attached hydrogens (tertiary/aromatic N) is 3. The van der Waals surface area contributed by atoms with Crippen molar-refractivity contribution in [2.75, 3.05) is 0 Å². The number of aromatic nitrogens is 2. The van der Waals surface area contributed by atoms with Crippen molar-refractivity contribution in [2.24, 2.45) is 11.0 Å². The Bertz CT molecular complexity index is 896. The predicted molar refractivity (Wildman–Crippen MR) is 101 cm³/mol. The molecular weight excluding hydrogens is 312 g/mol. The van der Waals surface area contributed by atoms with Gasteiger partial charge >= 0.3 is 0 Å². The van der Waals surface area contributed by atoms with E-state index in [4.69, 9.17) is 0 Å². The number of amides is 1. The maximum absolute atomic E-state index is 12.2. The Morgan fingerprint density at radius 2 is 1.96 bits per heavy atom. The molecule has 126 valence electrons. The molecule has 25 heavy (non-hydrogen) atoms. The van der Waals surface area contributed by atoms with Gasteiger partial charge in [-0.15, -0.1) is 0 Å². The summed E-state index contributed by atoms with van der Waals surface area (Å²) in [6, 6.07) is 17.8. The largest absolute Gasteiger partial charge is 0.330 e. The molecule has 1 heterocycles. The van der Waals surface area contributed by atoms with E-state index in [0.29, 0.717) is 6.54 Å². The normalized spacial score (nSPS) is 12.8. The Labute approximate surface area is 146 Å². The Morgan fingerprint density at radius 1 is 1.20 bits per heavy atom. The monoisotopic (exact) mass is 332 g/mol. The number of nitrogens with one attached hydrogen (secondary N) is 1. The molecule has 0 spiro atoms. The molecule has 0 saturated heterocycles. The Kier molecular flexibility index (Phi) is 5.36. The summed E-state index contributed by atoms with van der Waals surface area (Å²) in [4.78, 5) is 16.5. The van der Waals surface area contributed by atoms with E-state index in [0.717, 1.165) is 16.6 Å². The quantitative estimate of drug-likeness (QED) is 0.555. The zero-order chi connectivity index (χ0) is 17.5. The van der Waals surface area contributed by atoms with E-state index in [2.05, 4.69) is 15.5 Å². The molecule has 1 aromatic heterocycles. The lowest BCUT2D eigenvalue weighted by Crippen LogP contribution is -2.27. The highest BCUT2D eigenvalue weighted by molar-refractivity contribution is 5.82. The molecule has 0 aliphatic heterocycles. The van der Waals surface area contributed by atoms with Crippen molar-refractivity contribution < 1.29 is 4.79 Å². The first-order valence-electron chi connectivity index (χ1n) is 8.18. The van der Waals surface area contributed by atoms with Crippen LogP contribution >= 0.6 is 0 Å². The zero-order valence-corrected chi connectivity index (χ0v) is 14.0. The number of hydrogen-bond acceptors (Lipinski definition) is 3. The lowest BCUT2D eigenvalue weighted by molar-refractivity contribution is -0.124. The molecule has 3 aromatic rings. The number of benzene rings is 2. The number of para-hydroxylation sites is 2. The van der Waals surface area contributed by atoms with Crippen LogP contribution in [0.3, 0.4) is 0 Å². The second kappa shape index (κ2) is 8.06. The van der Waals surface area contributed by atoms with Crippen LogP contribution in [0, 0.1) is 5.92 Å². The third-order valence-corrected chi connectivity index (χ3v) is 3.87. The van der Waals surface area contributed by atoms with Crippen LogP contribution in [-0.4, -0.2) is 21.7 Å². The number of hydrogen-bond donors (Lipinski definition) is 1. The summed E-state index contributed by atoms with van der Waals surface area (Å²) >= 11 is 0. The van der Waals surface area contributed by atoms with Gasteiger partial charge in [-0.3, -0.25) is 4.79 Å². The summed E-state index contributed by atoms with van der Waals surface area (Å²) in [5.74, 6) is -0.338. The molecule has 0 fully saturated rings. The van der Waals surface area contributed by atoms with Gasteiger partial charge in [-0.2, -0.15) is 5.10 Å². The number of carbonyl (C=O) groups is 1. The van der Waals surface area contributed by atoms with Crippen molar-refractivity contribution in [3.63, 3.8) is 0 Å². The molecule has 1 N–H and O–H groups in total. The summed E-state index contributed by atoms with van der Waals surface area (Å²) in [6.45, 7) is 2.43. The van der Waals surface area contributed by atoms with Crippen molar-refractivity contribution in [2.45, 2.75) is 13.5 Å². The summed E-state index contributed by atoms with van der Waals surface area (Å²) in [5.41, 5.74) is 5.61.